The predicted octanol–water partition coefficient (Wildman–Crippen LogP) is 24.0. The van der Waals surface area contributed by atoms with Crippen molar-refractivity contribution in [3.8, 4) is 0 Å². The third kappa shape index (κ3) is 67.1. The Morgan fingerprint density at radius 2 is 0.537 bits per heavy atom. The van der Waals surface area contributed by atoms with Crippen LogP contribution >= 0.6 is 0 Å². The molecule has 0 radical (unpaired) electrons. The van der Waals surface area contributed by atoms with E-state index in [0.717, 1.165) is 96.3 Å². The van der Waals surface area contributed by atoms with Crippen molar-refractivity contribution < 1.29 is 24.2 Å². The van der Waals surface area contributed by atoms with Gasteiger partial charge in [-0.1, -0.05) is 329 Å². The number of rotatable bonds is 63. The molecule has 0 fully saturated rings. The number of esters is 2. The number of aliphatic hydroxyl groups excluding tert-OH is 1. The van der Waals surface area contributed by atoms with E-state index < -0.39 is 6.10 Å². The molecule has 0 aliphatic rings. The lowest BCUT2D eigenvalue weighted by molar-refractivity contribution is -0.161. The highest BCUT2D eigenvalue weighted by Crippen LogP contribution is 2.18. The van der Waals surface area contributed by atoms with E-state index in [-0.39, 0.29) is 25.2 Å². The zero-order valence-electron chi connectivity index (χ0n) is 52.8. The van der Waals surface area contributed by atoms with Crippen LogP contribution in [0.4, 0.5) is 0 Å². The molecule has 0 amide bonds. The van der Waals surface area contributed by atoms with Crippen LogP contribution in [0.5, 0.6) is 0 Å². The summed E-state index contributed by atoms with van der Waals surface area (Å²) in [6, 6.07) is 0. The van der Waals surface area contributed by atoms with E-state index in [1.54, 1.807) is 0 Å². The first-order chi connectivity index (χ1) is 39.6. The highest BCUT2D eigenvalue weighted by Gasteiger charge is 2.16. The van der Waals surface area contributed by atoms with Crippen LogP contribution in [0.15, 0.2) is 109 Å². The van der Waals surface area contributed by atoms with Crippen LogP contribution in [-0.4, -0.2) is 36.4 Å². The molecule has 1 atom stereocenters. The molecule has 0 saturated heterocycles. The summed E-state index contributed by atoms with van der Waals surface area (Å²) in [5.41, 5.74) is 0. The summed E-state index contributed by atoms with van der Waals surface area (Å²) >= 11 is 0. The lowest BCUT2D eigenvalue weighted by Gasteiger charge is -2.15. The van der Waals surface area contributed by atoms with Gasteiger partial charge in [0.2, 0.25) is 0 Å². The number of aliphatic hydroxyl groups is 1. The molecule has 0 aromatic carbocycles. The van der Waals surface area contributed by atoms with Crippen molar-refractivity contribution in [2.45, 2.75) is 341 Å². The third-order valence-electron chi connectivity index (χ3n) is 15.1. The minimum atomic E-state index is -0.785. The highest BCUT2D eigenvalue weighted by molar-refractivity contribution is 5.70. The summed E-state index contributed by atoms with van der Waals surface area (Å²) in [6.07, 6.45) is 101. The molecule has 0 spiro atoms. The SMILES string of the molecule is CC/C=C\C/C=C\C/C=C\C/C=C\C/C=C\C/C=C\C/C=C\CCCCCCCCCC(=O)OC(CO)COC(=O)CCCCCCCCCCCCCCCCCCCCCCCCCCC/C=C\C/C=C\CCCCCCC. The molecule has 0 aromatic rings. The Balaban J connectivity index is 3.47. The summed E-state index contributed by atoms with van der Waals surface area (Å²) in [5.74, 6) is -0.596. The van der Waals surface area contributed by atoms with Crippen molar-refractivity contribution in [2.75, 3.05) is 13.2 Å². The summed E-state index contributed by atoms with van der Waals surface area (Å²) in [4.78, 5) is 24.6. The Kier molecular flexibility index (Phi) is 66.8. The molecule has 0 bridgehead atoms. The Morgan fingerprint density at radius 1 is 0.300 bits per heavy atom. The maximum atomic E-state index is 12.4. The summed E-state index contributed by atoms with van der Waals surface area (Å²) in [6.45, 7) is 4.04. The molecule has 80 heavy (non-hydrogen) atoms. The molecule has 5 nitrogen and oxygen atoms in total. The fourth-order valence-electron chi connectivity index (χ4n) is 9.92. The topological polar surface area (TPSA) is 72.8 Å². The van der Waals surface area contributed by atoms with Crippen LogP contribution < -0.4 is 0 Å². The number of hydrogen-bond acceptors (Lipinski definition) is 5. The van der Waals surface area contributed by atoms with Gasteiger partial charge >= 0.3 is 11.9 Å². The van der Waals surface area contributed by atoms with Gasteiger partial charge in [-0.05, 0) is 103 Å². The van der Waals surface area contributed by atoms with Gasteiger partial charge in [0, 0.05) is 12.8 Å². The maximum Gasteiger partial charge on any atom is 0.306 e. The highest BCUT2D eigenvalue weighted by atomic mass is 16.6. The number of ether oxygens (including phenoxy) is 2. The van der Waals surface area contributed by atoms with Gasteiger partial charge in [-0.3, -0.25) is 9.59 Å². The van der Waals surface area contributed by atoms with E-state index in [9.17, 15) is 14.7 Å². The molecule has 0 aliphatic heterocycles. The first-order valence-corrected chi connectivity index (χ1v) is 34.4. The van der Waals surface area contributed by atoms with E-state index in [4.69, 9.17) is 9.47 Å². The summed E-state index contributed by atoms with van der Waals surface area (Å²) in [5, 5.41) is 9.69. The number of hydrogen-bond donors (Lipinski definition) is 1. The molecular weight excluding hydrogens is 981 g/mol. The van der Waals surface area contributed by atoms with Gasteiger partial charge in [-0.25, -0.2) is 0 Å². The van der Waals surface area contributed by atoms with E-state index in [2.05, 4.69) is 123 Å². The molecule has 1 N–H and O–H groups in total. The largest absolute Gasteiger partial charge is 0.462 e. The van der Waals surface area contributed by atoms with Crippen molar-refractivity contribution in [1.82, 2.24) is 0 Å². The van der Waals surface area contributed by atoms with Crippen LogP contribution in [-0.2, 0) is 19.1 Å². The van der Waals surface area contributed by atoms with Crippen LogP contribution in [0.1, 0.15) is 335 Å². The van der Waals surface area contributed by atoms with Gasteiger partial charge in [0.1, 0.15) is 6.61 Å². The Labute approximate surface area is 497 Å². The summed E-state index contributed by atoms with van der Waals surface area (Å²) in [7, 11) is 0. The van der Waals surface area contributed by atoms with Crippen LogP contribution in [0.2, 0.25) is 0 Å². The average molecular weight is 1110 g/mol. The van der Waals surface area contributed by atoms with Gasteiger partial charge in [0.25, 0.3) is 0 Å². The second-order valence-corrected chi connectivity index (χ2v) is 22.9. The van der Waals surface area contributed by atoms with E-state index in [1.807, 2.05) is 0 Å². The molecule has 0 rings (SSSR count). The fourth-order valence-corrected chi connectivity index (χ4v) is 9.92. The van der Waals surface area contributed by atoms with Crippen molar-refractivity contribution in [2.24, 2.45) is 0 Å². The van der Waals surface area contributed by atoms with Gasteiger partial charge in [-0.2, -0.15) is 0 Å². The van der Waals surface area contributed by atoms with Crippen molar-refractivity contribution in [1.29, 1.82) is 0 Å². The lowest BCUT2D eigenvalue weighted by atomic mass is 10.0. The normalized spacial score (nSPS) is 12.9. The number of carbonyl (C=O) groups excluding carboxylic acids is 2. The smallest absolute Gasteiger partial charge is 0.306 e. The quantitative estimate of drug-likeness (QED) is 0.0373. The molecule has 0 saturated carbocycles. The number of carbonyl (C=O) groups is 2. The minimum absolute atomic E-state index is 0.0728. The molecule has 460 valence electrons. The first-order valence-electron chi connectivity index (χ1n) is 34.4. The zero-order chi connectivity index (χ0) is 57.6. The maximum absolute atomic E-state index is 12.4. The Bertz CT molecular complexity index is 1540. The summed E-state index contributed by atoms with van der Waals surface area (Å²) < 4.78 is 10.7. The van der Waals surface area contributed by atoms with Crippen LogP contribution in [0.25, 0.3) is 0 Å². The molecular formula is C75H130O5. The van der Waals surface area contributed by atoms with E-state index >= 15 is 0 Å². The monoisotopic (exact) mass is 1110 g/mol. The molecule has 5 heteroatoms. The fraction of sp³-hybridized carbons (Fsp3) is 0.733. The van der Waals surface area contributed by atoms with Gasteiger partial charge in [-0.15, -0.1) is 0 Å². The molecule has 0 heterocycles. The van der Waals surface area contributed by atoms with Crippen LogP contribution in [0.3, 0.4) is 0 Å². The van der Waals surface area contributed by atoms with Crippen molar-refractivity contribution in [3.05, 3.63) is 109 Å². The van der Waals surface area contributed by atoms with Gasteiger partial charge < -0.3 is 14.6 Å². The van der Waals surface area contributed by atoms with Crippen molar-refractivity contribution >= 4 is 11.9 Å². The van der Waals surface area contributed by atoms with Gasteiger partial charge in [0.15, 0.2) is 6.10 Å². The number of unbranched alkanes of at least 4 members (excludes halogenated alkanes) is 37. The average Bonchev–Trinajstić information content (AvgIpc) is 3.46. The van der Waals surface area contributed by atoms with Crippen LogP contribution in [0, 0.1) is 0 Å². The third-order valence-corrected chi connectivity index (χ3v) is 15.1. The molecule has 0 aliphatic carbocycles. The first kappa shape index (κ1) is 76.6. The number of allylic oxidation sites excluding steroid dienone is 18. The van der Waals surface area contributed by atoms with E-state index in [1.165, 1.54) is 212 Å². The van der Waals surface area contributed by atoms with E-state index in [0.29, 0.717) is 12.8 Å². The lowest BCUT2D eigenvalue weighted by Crippen LogP contribution is -2.28. The Morgan fingerprint density at radius 3 is 0.812 bits per heavy atom. The molecule has 0 aromatic heterocycles. The zero-order valence-corrected chi connectivity index (χ0v) is 52.8. The van der Waals surface area contributed by atoms with Gasteiger partial charge in [0.05, 0.1) is 6.61 Å². The molecule has 1 unspecified atom stereocenters. The predicted molar refractivity (Wildman–Crippen MR) is 352 cm³/mol. The standard InChI is InChI=1S/C75H130O5/c1-3-5-7-9-11-13-15-17-19-21-23-25-27-29-31-33-34-35-36-37-38-39-40-42-43-45-47-49-51-53-55-57-59-61-63-65-67-69-74(77)79-72-73(71-76)80-75(78)70-68-66-64-62-60-58-56-54-52-50-48-46-44-41-32-30-28-26-24-22-20-18-16-14-12-10-8-6-4-2/h6,8,12,14-15,17-18,20-21,23-24,26,30,32,44,46,50,52,73,76H,3-5,7,9-11,13,16,19,22,25,27-29,31,33-43,45,47-49,51,53-72H2,1-2H3/b8-6-,14-12-,17-15-,20-18-,23-21-,26-24-,32-30-,46-44-,52-50-. The Hall–Kier alpha value is -3.44. The minimum Gasteiger partial charge on any atom is -0.462 e. The second-order valence-electron chi connectivity index (χ2n) is 22.9. The van der Waals surface area contributed by atoms with Crippen molar-refractivity contribution in [3.63, 3.8) is 0 Å². The second kappa shape index (κ2) is 69.8.